The van der Waals surface area contributed by atoms with Gasteiger partial charge in [-0.3, -0.25) is 38.8 Å². The van der Waals surface area contributed by atoms with Gasteiger partial charge in [0.15, 0.2) is 10.2 Å². The fourth-order valence-electron chi connectivity index (χ4n) is 16.4. The number of likely N-dealkylation sites (N-methyl/N-ethyl adjacent to an activating group) is 4. The summed E-state index contributed by atoms with van der Waals surface area (Å²) in [6.45, 7) is 18.2. The number of fused-ring (bicyclic) bond motifs is 13. The Bertz CT molecular complexity index is 4440. The first-order valence-electron chi connectivity index (χ1n) is 37.6. The number of benzene rings is 4. The third-order valence-corrected chi connectivity index (χ3v) is 30.2. The molecular weight excluding hydrogens is 1410 g/mol. The summed E-state index contributed by atoms with van der Waals surface area (Å²) in [6, 6.07) is 43.4. The van der Waals surface area contributed by atoms with Crippen LogP contribution in [-0.4, -0.2) is 79.6 Å². The number of rotatable bonds is 30. The molecule has 528 valence electrons. The summed E-state index contributed by atoms with van der Waals surface area (Å²) in [6.07, 6.45) is 26.9. The molecule has 4 aliphatic rings. The molecular formula is C86H92N4O4S8. The molecule has 0 spiro atoms. The molecule has 4 amide bonds. The highest BCUT2D eigenvalue weighted by Crippen LogP contribution is 2.72. The smallest absolute Gasteiger partial charge is 0.265 e. The van der Waals surface area contributed by atoms with Crippen molar-refractivity contribution in [3.63, 3.8) is 0 Å². The highest BCUT2D eigenvalue weighted by Gasteiger charge is 2.57. The van der Waals surface area contributed by atoms with E-state index in [1.807, 2.05) is 85.2 Å². The number of nitrogens with zero attached hydrogens (tertiary/aromatic N) is 4. The van der Waals surface area contributed by atoms with E-state index in [2.05, 4.69) is 137 Å². The second-order valence-corrected chi connectivity index (χ2v) is 35.0. The van der Waals surface area contributed by atoms with E-state index in [-0.39, 0.29) is 45.0 Å². The molecule has 0 saturated carbocycles. The van der Waals surface area contributed by atoms with Crippen LogP contribution in [0.4, 0.5) is 0 Å². The van der Waals surface area contributed by atoms with Gasteiger partial charge in [-0.05, 0) is 172 Å². The van der Waals surface area contributed by atoms with E-state index < -0.39 is 10.8 Å². The minimum absolute atomic E-state index is 0.140. The lowest BCUT2D eigenvalue weighted by Gasteiger charge is -2.35. The Kier molecular flexibility index (Phi) is 21.9. The highest BCUT2D eigenvalue weighted by molar-refractivity contribution is 7.80. The van der Waals surface area contributed by atoms with E-state index in [4.69, 9.17) is 24.4 Å². The third-order valence-electron chi connectivity index (χ3n) is 21.7. The van der Waals surface area contributed by atoms with Gasteiger partial charge in [0.2, 0.25) is 0 Å². The Morgan fingerprint density at radius 3 is 0.833 bits per heavy atom. The van der Waals surface area contributed by atoms with Crippen molar-refractivity contribution in [3.05, 3.63) is 197 Å². The lowest BCUT2D eigenvalue weighted by atomic mass is 9.67. The zero-order chi connectivity index (χ0) is 71.1. The Balaban J connectivity index is 1.05. The van der Waals surface area contributed by atoms with E-state index >= 15 is 0 Å². The number of aryl methyl sites for hydroxylation is 4. The van der Waals surface area contributed by atoms with Gasteiger partial charge >= 0.3 is 0 Å². The van der Waals surface area contributed by atoms with E-state index in [1.54, 1.807) is 42.3 Å². The number of carbonyl (C=O) groups is 4. The average molecular weight is 1500 g/mol. The van der Waals surface area contributed by atoms with Crippen LogP contribution in [0.15, 0.2) is 120 Å². The Morgan fingerprint density at radius 2 is 0.578 bits per heavy atom. The summed E-state index contributed by atoms with van der Waals surface area (Å²) >= 11 is 22.5. The molecule has 14 rings (SSSR count). The predicted molar refractivity (Wildman–Crippen MR) is 443 cm³/mol. The van der Waals surface area contributed by atoms with Gasteiger partial charge in [0.25, 0.3) is 23.6 Å². The van der Waals surface area contributed by atoms with Crippen molar-refractivity contribution < 1.29 is 19.2 Å². The Hall–Kier alpha value is -6.60. The minimum Gasteiger partial charge on any atom is -0.285 e. The van der Waals surface area contributed by atoms with Crippen LogP contribution in [0.5, 0.6) is 0 Å². The SMILES string of the molecule is CCCCCCc1ccc(C2(c3ccc(CCCCCC)cc3)c3c(sc4cc(C=C5C(=O)N(CC)C(=S)N(CC)C5=O)sc34)-c3sc4c5c(sc4c32)-c2sc3cc(C=C4C(=O)N(CC)C(=S)N(CC)C4=O)sc3c2C5(c2ccc(CCCCCC)cc2)c2ccc(CCCCCC)cc2)cc1. The monoisotopic (exact) mass is 1500 g/mol. The van der Waals surface area contributed by atoms with Gasteiger partial charge in [0, 0.05) is 67.6 Å². The van der Waals surface area contributed by atoms with Crippen LogP contribution in [0.3, 0.4) is 0 Å². The molecule has 102 heavy (non-hydrogen) atoms. The number of thiophene rings is 6. The molecule has 6 aromatic heterocycles. The van der Waals surface area contributed by atoms with Gasteiger partial charge in [-0.1, -0.05) is 202 Å². The lowest BCUT2D eigenvalue weighted by molar-refractivity contribution is -0.135. The second-order valence-electron chi connectivity index (χ2n) is 28.0. The molecule has 10 aromatic rings. The Labute approximate surface area is 637 Å². The van der Waals surface area contributed by atoms with Gasteiger partial charge < -0.3 is 0 Å². The van der Waals surface area contributed by atoms with Gasteiger partial charge in [-0.15, -0.1) is 68.0 Å². The van der Waals surface area contributed by atoms with Crippen LogP contribution in [0, 0.1) is 0 Å². The van der Waals surface area contributed by atoms with Gasteiger partial charge in [-0.2, -0.15) is 0 Å². The molecule has 2 fully saturated rings. The number of amides is 4. The predicted octanol–water partition coefficient (Wildman–Crippen LogP) is 23.5. The number of thiocarbonyl (C=S) groups is 2. The third kappa shape index (κ3) is 12.4. The molecule has 0 atom stereocenters. The fraction of sp³-hybridized carbons (Fsp3) is 0.395. The summed E-state index contributed by atoms with van der Waals surface area (Å²) in [5, 5.41) is 0.519. The summed E-state index contributed by atoms with van der Waals surface area (Å²) in [7, 11) is 0. The quantitative estimate of drug-likeness (QED) is 0.0193. The van der Waals surface area contributed by atoms with Crippen molar-refractivity contribution in [3.8, 4) is 19.5 Å². The molecule has 8 nitrogen and oxygen atoms in total. The molecule has 8 heterocycles. The molecule has 2 aliphatic heterocycles. The zero-order valence-electron chi connectivity index (χ0n) is 60.2. The number of hydrogen-bond acceptors (Lipinski definition) is 12. The topological polar surface area (TPSA) is 81.2 Å². The van der Waals surface area contributed by atoms with Gasteiger partial charge in [0.05, 0.1) is 49.1 Å². The van der Waals surface area contributed by atoms with Gasteiger partial charge in [-0.25, -0.2) is 0 Å². The van der Waals surface area contributed by atoms with Crippen molar-refractivity contribution in [2.45, 2.75) is 195 Å². The van der Waals surface area contributed by atoms with Crippen LogP contribution >= 0.6 is 92.5 Å². The summed E-state index contributed by atoms with van der Waals surface area (Å²) in [5.41, 5.74) is 14.3. The zero-order valence-corrected chi connectivity index (χ0v) is 66.7. The first-order valence-corrected chi connectivity index (χ1v) is 43.4. The molecule has 2 aliphatic carbocycles. The standard InChI is InChI=1S/C86H92N4O4S8/c1-9-17-21-25-29-53-33-41-57(42-34-53)85(58-43-35-54(36-44-58)30-26-22-18-10-2)67-71-65(51-61(97-71)49-63-79(91)87(13-5)83(95)88(14-6)80(63)92)99-73(67)75-69(85)77-78(101-75)70-76(102-77)74-68(72-66(100-74)52-62(98-72)50-64-81(93)89(15-7)84(96)90(16-8)82(64)94)86(70,59-45-37-55(38-46-59)31-27-23-19-11-3)60-47-39-56(40-48-60)32-28-24-20-12-4/h33-52H,9-32H2,1-8H3. The number of hydrogen-bond donors (Lipinski definition) is 0. The molecule has 0 N–H and O–H groups in total. The highest BCUT2D eigenvalue weighted by atomic mass is 32.1. The minimum atomic E-state index is -0.780. The number of unbranched alkanes of at least 4 members (excludes halogenated alkanes) is 12. The lowest BCUT2D eigenvalue weighted by Crippen LogP contribution is -2.55. The normalized spacial score (nSPS) is 15.6. The Morgan fingerprint density at radius 1 is 0.324 bits per heavy atom. The van der Waals surface area contributed by atoms with Crippen LogP contribution in [0.2, 0.25) is 0 Å². The van der Waals surface area contributed by atoms with Crippen LogP contribution in [0.25, 0.3) is 59.9 Å². The first kappa shape index (κ1) is 72.3. The van der Waals surface area contributed by atoms with Crippen molar-refractivity contribution in [2.24, 2.45) is 0 Å². The maximum absolute atomic E-state index is 14.4. The van der Waals surface area contributed by atoms with Crippen LogP contribution in [-0.2, 0) is 55.7 Å². The van der Waals surface area contributed by atoms with Crippen molar-refractivity contribution in [1.82, 2.24) is 19.6 Å². The van der Waals surface area contributed by atoms with E-state index in [9.17, 15) is 19.2 Å². The summed E-state index contributed by atoms with van der Waals surface area (Å²) in [4.78, 5) is 70.5. The molecule has 0 radical (unpaired) electrons. The summed E-state index contributed by atoms with van der Waals surface area (Å²) < 4.78 is 7.24. The van der Waals surface area contributed by atoms with Crippen molar-refractivity contribution >= 4 is 167 Å². The molecule has 0 unspecified atom stereocenters. The molecule has 2 saturated heterocycles. The van der Waals surface area contributed by atoms with Crippen molar-refractivity contribution in [2.75, 3.05) is 26.2 Å². The van der Waals surface area contributed by atoms with E-state index in [1.165, 1.54) is 182 Å². The largest absolute Gasteiger partial charge is 0.285 e. The molecule has 16 heteroatoms. The van der Waals surface area contributed by atoms with Crippen LogP contribution in [0.1, 0.15) is 235 Å². The van der Waals surface area contributed by atoms with Crippen LogP contribution < -0.4 is 0 Å². The first-order chi connectivity index (χ1) is 49.7. The second kappa shape index (κ2) is 30.8. The maximum atomic E-state index is 14.4. The average Bonchev–Trinajstić information content (AvgIpc) is 1.48. The fourth-order valence-corrected chi connectivity index (χ4v) is 26.0. The van der Waals surface area contributed by atoms with E-state index in [0.717, 1.165) is 70.5 Å². The summed E-state index contributed by atoms with van der Waals surface area (Å²) in [5.74, 6) is -1.40. The van der Waals surface area contributed by atoms with Gasteiger partial charge in [0.1, 0.15) is 11.1 Å². The molecule has 0 bridgehead atoms. The maximum Gasteiger partial charge on any atom is 0.265 e. The van der Waals surface area contributed by atoms with E-state index in [0.29, 0.717) is 26.2 Å². The molecule has 4 aromatic carbocycles. The van der Waals surface area contributed by atoms with Crippen molar-refractivity contribution in [1.29, 1.82) is 0 Å². The number of carbonyl (C=O) groups excluding carboxylic acids is 4.